The van der Waals surface area contributed by atoms with Crippen LogP contribution < -0.4 is 15.9 Å². The SMILES string of the molecule is CC.N#CC1CC(F)(F)CN1C(=O)CNC(=O)c1ccnc2c1=CCCC=2. The number of halogens is 2. The van der Waals surface area contributed by atoms with E-state index in [2.05, 4.69) is 10.3 Å². The molecule has 1 aromatic heterocycles. The topological polar surface area (TPSA) is 86.1 Å². The average molecular weight is 376 g/mol. The van der Waals surface area contributed by atoms with Gasteiger partial charge in [0.1, 0.15) is 6.04 Å². The van der Waals surface area contributed by atoms with Crippen LogP contribution in [-0.2, 0) is 4.79 Å². The number of nitrogens with one attached hydrogen (secondary N) is 1. The Morgan fingerprint density at radius 3 is 2.78 bits per heavy atom. The second-order valence-corrected chi connectivity index (χ2v) is 6.05. The van der Waals surface area contributed by atoms with E-state index in [0.717, 1.165) is 17.7 Å². The second-order valence-electron chi connectivity index (χ2n) is 6.05. The molecule has 1 unspecified atom stereocenters. The molecule has 0 saturated carbocycles. The number of hydrogen-bond donors (Lipinski definition) is 1. The highest BCUT2D eigenvalue weighted by atomic mass is 19.3. The molecule has 1 aromatic rings. The van der Waals surface area contributed by atoms with Crippen LogP contribution in [0.5, 0.6) is 0 Å². The van der Waals surface area contributed by atoms with Crippen LogP contribution in [0.4, 0.5) is 8.78 Å². The first kappa shape index (κ1) is 20.5. The zero-order chi connectivity index (χ0) is 20.0. The molecule has 1 aliphatic heterocycles. The molecule has 6 nitrogen and oxygen atoms in total. The number of carbonyl (C=O) groups is 2. The van der Waals surface area contributed by atoms with E-state index in [1.807, 2.05) is 26.0 Å². The first-order valence-corrected chi connectivity index (χ1v) is 8.92. The van der Waals surface area contributed by atoms with Crippen LogP contribution in [0.3, 0.4) is 0 Å². The van der Waals surface area contributed by atoms with Crippen molar-refractivity contribution in [1.82, 2.24) is 15.2 Å². The quantitative estimate of drug-likeness (QED) is 0.851. The van der Waals surface area contributed by atoms with Gasteiger partial charge >= 0.3 is 0 Å². The number of alkyl halides is 2. The highest BCUT2D eigenvalue weighted by molar-refractivity contribution is 5.96. The predicted octanol–water partition coefficient (Wildman–Crippen LogP) is 0.952. The molecule has 2 heterocycles. The Balaban J connectivity index is 0.00000126. The van der Waals surface area contributed by atoms with E-state index in [1.165, 1.54) is 6.20 Å². The first-order valence-electron chi connectivity index (χ1n) is 8.92. The number of aromatic nitrogens is 1. The summed E-state index contributed by atoms with van der Waals surface area (Å²) in [6.07, 6.45) is 6.32. The van der Waals surface area contributed by atoms with Crippen molar-refractivity contribution in [3.63, 3.8) is 0 Å². The predicted molar refractivity (Wildman–Crippen MR) is 96.0 cm³/mol. The van der Waals surface area contributed by atoms with Gasteiger partial charge < -0.3 is 10.2 Å². The van der Waals surface area contributed by atoms with Gasteiger partial charge in [-0.3, -0.25) is 14.6 Å². The number of likely N-dealkylation sites (tertiary alicyclic amines) is 1. The lowest BCUT2D eigenvalue weighted by Gasteiger charge is -2.19. The maximum Gasteiger partial charge on any atom is 0.268 e. The van der Waals surface area contributed by atoms with E-state index in [-0.39, 0.29) is 0 Å². The summed E-state index contributed by atoms with van der Waals surface area (Å²) in [6, 6.07) is 2.09. The molecule has 0 radical (unpaired) electrons. The van der Waals surface area contributed by atoms with Gasteiger partial charge in [-0.25, -0.2) is 8.78 Å². The van der Waals surface area contributed by atoms with Gasteiger partial charge in [-0.05, 0) is 18.9 Å². The Labute approximate surface area is 156 Å². The molecule has 1 N–H and O–H groups in total. The van der Waals surface area contributed by atoms with Crippen molar-refractivity contribution >= 4 is 24.0 Å². The molecule has 1 fully saturated rings. The fourth-order valence-electron chi connectivity index (χ4n) is 3.06. The molecule has 0 aromatic carbocycles. The van der Waals surface area contributed by atoms with Crippen LogP contribution in [0.2, 0.25) is 0 Å². The van der Waals surface area contributed by atoms with Crippen LogP contribution in [0.1, 0.15) is 43.5 Å². The highest BCUT2D eigenvalue weighted by Crippen LogP contribution is 2.31. The van der Waals surface area contributed by atoms with Gasteiger partial charge in [0.2, 0.25) is 5.91 Å². The molecule has 1 atom stereocenters. The summed E-state index contributed by atoms with van der Waals surface area (Å²) in [5, 5.41) is 12.8. The number of carbonyl (C=O) groups excluding carboxylic acids is 2. The van der Waals surface area contributed by atoms with Crippen LogP contribution in [-0.4, -0.2) is 46.8 Å². The van der Waals surface area contributed by atoms with Crippen LogP contribution in [0, 0.1) is 11.3 Å². The Bertz CT molecular complexity index is 877. The third-order valence-corrected chi connectivity index (χ3v) is 4.26. The number of pyridine rings is 1. The molecule has 0 spiro atoms. The number of nitrogens with zero attached hydrogens (tertiary/aromatic N) is 3. The molecule has 144 valence electrons. The van der Waals surface area contributed by atoms with Gasteiger partial charge in [-0.15, -0.1) is 0 Å². The maximum atomic E-state index is 13.4. The largest absolute Gasteiger partial charge is 0.343 e. The van der Waals surface area contributed by atoms with Gasteiger partial charge in [0, 0.05) is 23.4 Å². The first-order chi connectivity index (χ1) is 12.9. The van der Waals surface area contributed by atoms with E-state index >= 15 is 0 Å². The number of nitriles is 1. The maximum absolute atomic E-state index is 13.4. The van der Waals surface area contributed by atoms with Crippen LogP contribution in [0.25, 0.3) is 12.2 Å². The van der Waals surface area contributed by atoms with Gasteiger partial charge in [0.05, 0.1) is 24.5 Å². The second kappa shape index (κ2) is 8.71. The van der Waals surface area contributed by atoms with Gasteiger partial charge in [0.15, 0.2) is 0 Å². The Hall–Kier alpha value is -2.82. The van der Waals surface area contributed by atoms with Crippen molar-refractivity contribution in [2.75, 3.05) is 13.1 Å². The highest BCUT2D eigenvalue weighted by Gasteiger charge is 2.47. The number of amides is 2. The summed E-state index contributed by atoms with van der Waals surface area (Å²) >= 11 is 0. The van der Waals surface area contributed by atoms with Crippen molar-refractivity contribution in [1.29, 1.82) is 5.26 Å². The zero-order valence-corrected chi connectivity index (χ0v) is 15.3. The number of fused-ring (bicyclic) bond motifs is 1. The average Bonchev–Trinajstić information content (AvgIpc) is 3.01. The lowest BCUT2D eigenvalue weighted by Crippen LogP contribution is -2.44. The zero-order valence-electron chi connectivity index (χ0n) is 15.3. The summed E-state index contributed by atoms with van der Waals surface area (Å²) in [6.45, 7) is 2.77. The van der Waals surface area contributed by atoms with E-state index < -0.39 is 43.3 Å². The number of rotatable bonds is 3. The fraction of sp³-hybridized carbons (Fsp3) is 0.474. The van der Waals surface area contributed by atoms with Crippen molar-refractivity contribution in [2.45, 2.75) is 45.1 Å². The number of hydrogen-bond acceptors (Lipinski definition) is 4. The van der Waals surface area contributed by atoms with E-state index in [4.69, 9.17) is 5.26 Å². The summed E-state index contributed by atoms with van der Waals surface area (Å²) < 4.78 is 26.8. The molecule has 2 aliphatic rings. The Morgan fingerprint density at radius 2 is 2.07 bits per heavy atom. The molecule has 1 saturated heterocycles. The van der Waals surface area contributed by atoms with E-state index in [1.54, 1.807) is 12.1 Å². The molecular weight excluding hydrogens is 354 g/mol. The minimum absolute atomic E-state index is 0.386. The smallest absolute Gasteiger partial charge is 0.268 e. The Morgan fingerprint density at radius 1 is 1.37 bits per heavy atom. The molecule has 27 heavy (non-hydrogen) atoms. The van der Waals surface area contributed by atoms with Crippen LogP contribution in [0.15, 0.2) is 12.3 Å². The van der Waals surface area contributed by atoms with E-state index in [0.29, 0.717) is 16.1 Å². The normalized spacial score (nSPS) is 19.4. The van der Waals surface area contributed by atoms with E-state index in [9.17, 15) is 18.4 Å². The minimum atomic E-state index is -3.07. The molecule has 8 heteroatoms. The Kier molecular flexibility index (Phi) is 6.61. The van der Waals surface area contributed by atoms with Crippen molar-refractivity contribution in [2.24, 2.45) is 0 Å². The molecule has 2 amide bonds. The van der Waals surface area contributed by atoms with Gasteiger partial charge in [0.25, 0.3) is 11.8 Å². The van der Waals surface area contributed by atoms with Gasteiger partial charge in [-0.2, -0.15) is 5.26 Å². The molecular formula is C19H22F2N4O2. The minimum Gasteiger partial charge on any atom is -0.343 e. The molecule has 0 bridgehead atoms. The summed E-state index contributed by atoms with van der Waals surface area (Å²) in [4.78, 5) is 29.5. The fourth-order valence-corrected chi connectivity index (χ4v) is 3.06. The van der Waals surface area contributed by atoms with Crippen molar-refractivity contribution < 1.29 is 18.4 Å². The van der Waals surface area contributed by atoms with Crippen LogP contribution >= 0.6 is 0 Å². The standard InChI is InChI=1S/C17H16F2N4O2.C2H6/c18-17(19)7-11(8-20)23(10-17)15(24)9-22-16(25)13-5-6-21-14-4-2-1-3-12(13)14;1-2/h3-6,11H,1-2,7,9-10H2,(H,22,25);1-2H3. The lowest BCUT2D eigenvalue weighted by molar-refractivity contribution is -0.131. The van der Waals surface area contributed by atoms with Crippen molar-refractivity contribution in [3.8, 4) is 6.07 Å². The summed E-state index contributed by atoms with van der Waals surface area (Å²) in [5.74, 6) is -4.25. The van der Waals surface area contributed by atoms with Crippen molar-refractivity contribution in [3.05, 3.63) is 28.4 Å². The van der Waals surface area contributed by atoms with Gasteiger partial charge in [-0.1, -0.05) is 26.0 Å². The summed E-state index contributed by atoms with van der Waals surface area (Å²) in [7, 11) is 0. The third-order valence-electron chi connectivity index (χ3n) is 4.26. The molecule has 1 aliphatic carbocycles. The summed E-state index contributed by atoms with van der Waals surface area (Å²) in [5.41, 5.74) is 0.386. The third kappa shape index (κ3) is 4.67. The lowest BCUT2D eigenvalue weighted by atomic mass is 10.1. The molecule has 3 rings (SSSR count). The monoisotopic (exact) mass is 376 g/mol.